The molecule has 5 nitrogen and oxygen atoms in total. The van der Waals surface area contributed by atoms with Gasteiger partial charge in [-0.3, -0.25) is 5.01 Å². The number of hydrogen-bond donors (Lipinski definition) is 3. The quantitative estimate of drug-likeness (QED) is 0.777. The maximum atomic E-state index is 12.8. The van der Waals surface area contributed by atoms with Crippen LogP contribution in [0.2, 0.25) is 0 Å². The van der Waals surface area contributed by atoms with Gasteiger partial charge in [0.15, 0.2) is 0 Å². The molecular weight excluding hydrogens is 333 g/mol. The number of ether oxygens (including phenoxy) is 1. The molecule has 138 valence electrons. The Kier molecular flexibility index (Phi) is 4.70. The molecule has 2 heterocycles. The van der Waals surface area contributed by atoms with Crippen LogP contribution in [0.15, 0.2) is 36.2 Å². The zero-order valence-corrected chi connectivity index (χ0v) is 14.4. The van der Waals surface area contributed by atoms with Gasteiger partial charge in [-0.15, -0.1) is 5.53 Å². The SMILES string of the molecule is CO[C@]1(c2ccc(C(F)(F)F)cc2)C[C@@H](C2=CN(C)NN2)N[C@@H](C)C1. The molecule has 0 amide bonds. The lowest BCUT2D eigenvalue weighted by Gasteiger charge is -2.44. The molecule has 1 aromatic carbocycles. The highest BCUT2D eigenvalue weighted by Gasteiger charge is 2.43. The zero-order chi connectivity index (χ0) is 18.2. The number of halogens is 3. The van der Waals surface area contributed by atoms with Crippen LogP contribution in [0, 0.1) is 0 Å². The molecule has 1 saturated heterocycles. The summed E-state index contributed by atoms with van der Waals surface area (Å²) < 4.78 is 44.4. The van der Waals surface area contributed by atoms with Gasteiger partial charge in [-0.05, 0) is 31.0 Å². The Labute approximate surface area is 145 Å². The number of hydrazine groups is 2. The van der Waals surface area contributed by atoms with Gasteiger partial charge >= 0.3 is 6.18 Å². The van der Waals surface area contributed by atoms with E-state index in [4.69, 9.17) is 4.74 Å². The van der Waals surface area contributed by atoms with Crippen LogP contribution in [0.3, 0.4) is 0 Å². The summed E-state index contributed by atoms with van der Waals surface area (Å²) in [6, 6.07) is 5.46. The maximum absolute atomic E-state index is 12.8. The monoisotopic (exact) mass is 356 g/mol. The molecule has 0 saturated carbocycles. The second-order valence-electron chi connectivity index (χ2n) is 6.73. The van der Waals surface area contributed by atoms with E-state index in [-0.39, 0.29) is 12.1 Å². The topological polar surface area (TPSA) is 48.6 Å². The van der Waals surface area contributed by atoms with Gasteiger partial charge < -0.3 is 15.5 Å². The van der Waals surface area contributed by atoms with Crippen molar-refractivity contribution in [3.63, 3.8) is 0 Å². The first-order valence-electron chi connectivity index (χ1n) is 8.19. The Bertz CT molecular complexity index is 646. The number of alkyl halides is 3. The lowest BCUT2D eigenvalue weighted by Crippen LogP contribution is -2.54. The molecular formula is C17H23F3N4O. The second-order valence-corrected chi connectivity index (χ2v) is 6.73. The van der Waals surface area contributed by atoms with Gasteiger partial charge in [0.2, 0.25) is 0 Å². The molecule has 2 aliphatic rings. The number of rotatable bonds is 3. The van der Waals surface area contributed by atoms with Gasteiger partial charge in [0.05, 0.1) is 22.9 Å². The normalized spacial score (nSPS) is 30.2. The van der Waals surface area contributed by atoms with Gasteiger partial charge in [-0.25, -0.2) is 0 Å². The van der Waals surface area contributed by atoms with E-state index in [1.54, 1.807) is 7.11 Å². The van der Waals surface area contributed by atoms with Crippen LogP contribution in [-0.4, -0.2) is 31.3 Å². The summed E-state index contributed by atoms with van der Waals surface area (Å²) >= 11 is 0. The molecule has 3 rings (SSSR count). The number of benzene rings is 1. The molecule has 3 N–H and O–H groups in total. The average Bonchev–Trinajstić information content (AvgIpc) is 3.00. The fourth-order valence-electron chi connectivity index (χ4n) is 3.65. The van der Waals surface area contributed by atoms with E-state index in [9.17, 15) is 13.2 Å². The number of nitrogens with zero attached hydrogens (tertiary/aromatic N) is 1. The number of hydrogen-bond acceptors (Lipinski definition) is 5. The molecule has 3 atom stereocenters. The third-order valence-corrected chi connectivity index (χ3v) is 4.87. The largest absolute Gasteiger partial charge is 0.416 e. The highest BCUT2D eigenvalue weighted by Crippen LogP contribution is 2.40. The molecule has 0 bridgehead atoms. The molecule has 0 radical (unpaired) electrons. The molecule has 2 aliphatic heterocycles. The summed E-state index contributed by atoms with van der Waals surface area (Å²) in [5.74, 6) is 0. The second kappa shape index (κ2) is 6.51. The van der Waals surface area contributed by atoms with Crippen LogP contribution in [0.5, 0.6) is 0 Å². The standard InChI is InChI=1S/C17H23F3N4O/c1-11-8-16(25-3,9-14(21-11)15-10-24(2)23-22-15)12-4-6-13(7-5-12)17(18,19)20/h4-7,10-11,14,21-23H,8-9H2,1-3H3/t11-,14-,16-/m0/s1. The lowest BCUT2D eigenvalue weighted by molar-refractivity contribution is -0.137. The molecule has 8 heteroatoms. The summed E-state index contributed by atoms with van der Waals surface area (Å²) in [7, 11) is 3.50. The lowest BCUT2D eigenvalue weighted by atomic mass is 9.78. The van der Waals surface area contributed by atoms with Crippen LogP contribution in [0.1, 0.15) is 30.9 Å². The van der Waals surface area contributed by atoms with E-state index in [1.165, 1.54) is 12.1 Å². The molecule has 1 fully saturated rings. The molecule has 0 aromatic heterocycles. The summed E-state index contributed by atoms with van der Waals surface area (Å²) in [5, 5.41) is 5.32. The minimum Gasteiger partial charge on any atom is -0.373 e. The van der Waals surface area contributed by atoms with Crippen molar-refractivity contribution in [1.29, 1.82) is 0 Å². The van der Waals surface area contributed by atoms with Gasteiger partial charge in [-0.1, -0.05) is 12.1 Å². The number of nitrogens with one attached hydrogen (secondary N) is 3. The van der Waals surface area contributed by atoms with Crippen LogP contribution in [-0.2, 0) is 16.5 Å². The Morgan fingerprint density at radius 2 is 1.88 bits per heavy atom. The molecule has 1 aromatic rings. The van der Waals surface area contributed by atoms with Crippen molar-refractivity contribution in [2.24, 2.45) is 0 Å². The van der Waals surface area contributed by atoms with E-state index < -0.39 is 17.3 Å². The predicted molar refractivity (Wildman–Crippen MR) is 87.9 cm³/mol. The fourth-order valence-corrected chi connectivity index (χ4v) is 3.65. The van der Waals surface area contributed by atoms with E-state index in [1.807, 2.05) is 18.3 Å². The van der Waals surface area contributed by atoms with Crippen LogP contribution in [0.4, 0.5) is 13.2 Å². The molecule has 25 heavy (non-hydrogen) atoms. The smallest absolute Gasteiger partial charge is 0.373 e. The highest BCUT2D eigenvalue weighted by atomic mass is 19.4. The summed E-state index contributed by atoms with van der Waals surface area (Å²) in [6.07, 6.45) is -1.09. The van der Waals surface area contributed by atoms with Crippen molar-refractivity contribution >= 4 is 0 Å². The fraction of sp³-hybridized carbons (Fsp3) is 0.529. The van der Waals surface area contributed by atoms with Crippen molar-refractivity contribution < 1.29 is 17.9 Å². The minimum atomic E-state index is -4.34. The van der Waals surface area contributed by atoms with E-state index in [0.717, 1.165) is 23.4 Å². The van der Waals surface area contributed by atoms with Crippen molar-refractivity contribution in [2.45, 2.75) is 43.6 Å². The van der Waals surface area contributed by atoms with Crippen molar-refractivity contribution in [1.82, 2.24) is 21.3 Å². The Balaban J connectivity index is 1.89. The van der Waals surface area contributed by atoms with E-state index >= 15 is 0 Å². The van der Waals surface area contributed by atoms with E-state index in [0.29, 0.717) is 12.8 Å². The third-order valence-electron chi connectivity index (χ3n) is 4.87. The minimum absolute atomic E-state index is 0.00319. The first-order chi connectivity index (χ1) is 11.7. The first kappa shape index (κ1) is 18.0. The van der Waals surface area contributed by atoms with Crippen LogP contribution >= 0.6 is 0 Å². The van der Waals surface area contributed by atoms with Crippen molar-refractivity contribution in [2.75, 3.05) is 14.2 Å². The highest BCUT2D eigenvalue weighted by molar-refractivity contribution is 5.31. The summed E-state index contributed by atoms with van der Waals surface area (Å²) in [5.41, 5.74) is 6.54. The average molecular weight is 356 g/mol. The Hall–Kier alpha value is -1.77. The van der Waals surface area contributed by atoms with Gasteiger partial charge in [0.25, 0.3) is 0 Å². The Morgan fingerprint density at radius 3 is 2.40 bits per heavy atom. The summed E-state index contributed by atoms with van der Waals surface area (Å²) in [6.45, 7) is 2.05. The molecule has 0 unspecified atom stereocenters. The zero-order valence-electron chi connectivity index (χ0n) is 14.4. The van der Waals surface area contributed by atoms with Gasteiger partial charge in [0, 0.05) is 32.8 Å². The van der Waals surface area contributed by atoms with Gasteiger partial charge in [-0.2, -0.15) is 13.2 Å². The van der Waals surface area contributed by atoms with Crippen LogP contribution in [0.25, 0.3) is 0 Å². The Morgan fingerprint density at radius 1 is 1.20 bits per heavy atom. The molecule has 0 spiro atoms. The first-order valence-corrected chi connectivity index (χ1v) is 8.19. The van der Waals surface area contributed by atoms with Gasteiger partial charge in [0.1, 0.15) is 0 Å². The van der Waals surface area contributed by atoms with E-state index in [2.05, 4.69) is 23.2 Å². The third kappa shape index (κ3) is 3.61. The van der Waals surface area contributed by atoms with Crippen LogP contribution < -0.4 is 16.3 Å². The van der Waals surface area contributed by atoms with Crippen molar-refractivity contribution in [3.8, 4) is 0 Å². The predicted octanol–water partition coefficient (Wildman–Crippen LogP) is 2.48. The summed E-state index contributed by atoms with van der Waals surface area (Å²) in [4.78, 5) is 0. The number of piperidine rings is 1. The molecule has 0 aliphatic carbocycles. The van der Waals surface area contributed by atoms with Crippen molar-refractivity contribution in [3.05, 3.63) is 47.3 Å². The maximum Gasteiger partial charge on any atom is 0.416 e. The number of methoxy groups -OCH3 is 1.